The summed E-state index contributed by atoms with van der Waals surface area (Å²) in [5.74, 6) is 0.437. The highest BCUT2D eigenvalue weighted by Crippen LogP contribution is 2.54. The van der Waals surface area contributed by atoms with Crippen molar-refractivity contribution in [2.45, 2.75) is 65.1 Å². The fraction of sp³-hybridized carbons (Fsp3) is 0.824. The van der Waals surface area contributed by atoms with Crippen molar-refractivity contribution in [1.82, 2.24) is 0 Å². The van der Waals surface area contributed by atoms with Crippen molar-refractivity contribution in [1.29, 1.82) is 0 Å². The van der Waals surface area contributed by atoms with Gasteiger partial charge in [0.25, 0.3) is 0 Å². The van der Waals surface area contributed by atoms with Crippen molar-refractivity contribution in [3.8, 4) is 0 Å². The lowest BCUT2D eigenvalue weighted by atomic mass is 9.84. The Morgan fingerprint density at radius 3 is 2.60 bits per heavy atom. The summed E-state index contributed by atoms with van der Waals surface area (Å²) in [5, 5.41) is 0. The van der Waals surface area contributed by atoms with Crippen LogP contribution in [0.2, 0.25) is 0 Å². The van der Waals surface area contributed by atoms with Crippen molar-refractivity contribution in [2.75, 3.05) is 13.2 Å². The molecule has 20 heavy (non-hydrogen) atoms. The molecule has 0 aromatic rings. The maximum Gasteiger partial charge on any atom is 0.162 e. The molecule has 0 N–H and O–H groups in total. The zero-order valence-electron chi connectivity index (χ0n) is 13.0. The second-order valence-electron chi connectivity index (χ2n) is 7.29. The van der Waals surface area contributed by atoms with Crippen molar-refractivity contribution in [3.05, 3.63) is 11.1 Å². The van der Waals surface area contributed by atoms with Crippen molar-refractivity contribution >= 4 is 5.78 Å². The van der Waals surface area contributed by atoms with Gasteiger partial charge in [-0.2, -0.15) is 0 Å². The zero-order valence-corrected chi connectivity index (χ0v) is 13.0. The molecule has 1 atom stereocenters. The van der Waals surface area contributed by atoms with Gasteiger partial charge in [0.05, 0.1) is 13.2 Å². The number of hydrogen-bond donors (Lipinski definition) is 0. The van der Waals surface area contributed by atoms with Gasteiger partial charge in [-0.3, -0.25) is 4.79 Å². The summed E-state index contributed by atoms with van der Waals surface area (Å²) in [4.78, 5) is 12.1. The first-order valence-electron chi connectivity index (χ1n) is 7.98. The molecule has 2 fully saturated rings. The fourth-order valence-corrected chi connectivity index (χ4v) is 3.95. The summed E-state index contributed by atoms with van der Waals surface area (Å²) in [6.07, 6.45) is 6.08. The number of allylic oxidation sites excluding steroid dienone is 2. The molecular formula is C17H26O3. The smallest absolute Gasteiger partial charge is 0.162 e. The Labute approximate surface area is 121 Å². The van der Waals surface area contributed by atoms with Crippen LogP contribution in [-0.2, 0) is 14.3 Å². The summed E-state index contributed by atoms with van der Waals surface area (Å²) in [6, 6.07) is 0. The van der Waals surface area contributed by atoms with Crippen molar-refractivity contribution < 1.29 is 14.3 Å². The maximum atomic E-state index is 12.1. The number of ether oxygens (including phenoxy) is 2. The van der Waals surface area contributed by atoms with Gasteiger partial charge in [0, 0.05) is 11.8 Å². The summed E-state index contributed by atoms with van der Waals surface area (Å²) in [7, 11) is 0. The van der Waals surface area contributed by atoms with E-state index >= 15 is 0 Å². The van der Waals surface area contributed by atoms with E-state index in [4.69, 9.17) is 9.47 Å². The molecule has 0 amide bonds. The molecule has 0 bridgehead atoms. The van der Waals surface area contributed by atoms with Crippen LogP contribution in [0.5, 0.6) is 0 Å². The van der Waals surface area contributed by atoms with Gasteiger partial charge in [-0.05, 0) is 51.0 Å². The Kier molecular flexibility index (Phi) is 3.54. The van der Waals surface area contributed by atoms with E-state index < -0.39 is 5.79 Å². The molecule has 1 unspecified atom stereocenters. The number of unbranched alkanes of at least 4 members (excludes halogenated alkanes) is 1. The minimum atomic E-state index is -0.446. The molecule has 1 saturated carbocycles. The monoisotopic (exact) mass is 278 g/mol. The quantitative estimate of drug-likeness (QED) is 0.791. The molecule has 3 heteroatoms. The average molecular weight is 278 g/mol. The molecular weight excluding hydrogens is 252 g/mol. The van der Waals surface area contributed by atoms with Crippen LogP contribution in [0.3, 0.4) is 0 Å². The Hall–Kier alpha value is -0.670. The first-order chi connectivity index (χ1) is 9.45. The molecule has 1 spiro atoms. The standard InChI is InChI=1S/C17H26O3/c1-4-5-6-13-14-9-17(8-12(14)7-15(13)18)10-19-16(2,3)20-11-17/h12H,4-11H2,1-3H3. The minimum Gasteiger partial charge on any atom is -0.350 e. The normalized spacial score (nSPS) is 31.1. The fourth-order valence-electron chi connectivity index (χ4n) is 3.95. The molecule has 1 heterocycles. The predicted octanol–water partition coefficient (Wildman–Crippen LogP) is 3.63. The average Bonchev–Trinajstić information content (AvgIpc) is 2.86. The highest BCUT2D eigenvalue weighted by molar-refractivity contribution is 5.99. The number of Topliss-reactive ketones (excluding diaryl/α,β-unsaturated/α-hetero) is 1. The highest BCUT2D eigenvalue weighted by Gasteiger charge is 2.50. The van der Waals surface area contributed by atoms with Crippen LogP contribution in [0, 0.1) is 11.3 Å². The van der Waals surface area contributed by atoms with E-state index in [1.165, 1.54) is 5.57 Å². The zero-order chi connectivity index (χ0) is 14.4. The molecule has 0 aromatic carbocycles. The molecule has 3 nitrogen and oxygen atoms in total. The first kappa shape index (κ1) is 14.3. The van der Waals surface area contributed by atoms with Gasteiger partial charge in [-0.1, -0.05) is 18.9 Å². The minimum absolute atomic E-state index is 0.133. The van der Waals surface area contributed by atoms with Crippen LogP contribution < -0.4 is 0 Å². The van der Waals surface area contributed by atoms with Crippen LogP contribution in [0.25, 0.3) is 0 Å². The lowest BCUT2D eigenvalue weighted by Gasteiger charge is -2.41. The van der Waals surface area contributed by atoms with E-state index in [0.717, 1.165) is 57.3 Å². The summed E-state index contributed by atoms with van der Waals surface area (Å²) >= 11 is 0. The van der Waals surface area contributed by atoms with E-state index in [1.807, 2.05) is 13.8 Å². The summed E-state index contributed by atoms with van der Waals surface area (Å²) in [5.41, 5.74) is 2.72. The van der Waals surface area contributed by atoms with Gasteiger partial charge in [0.1, 0.15) is 0 Å². The number of carbonyl (C=O) groups is 1. The number of ketones is 1. The lowest BCUT2D eigenvalue weighted by molar-refractivity contribution is -0.284. The molecule has 2 aliphatic carbocycles. The Morgan fingerprint density at radius 2 is 1.95 bits per heavy atom. The Balaban J connectivity index is 1.76. The van der Waals surface area contributed by atoms with Gasteiger partial charge in [-0.25, -0.2) is 0 Å². The molecule has 0 aromatic heterocycles. The van der Waals surface area contributed by atoms with E-state index in [0.29, 0.717) is 11.7 Å². The number of hydrogen-bond acceptors (Lipinski definition) is 3. The van der Waals surface area contributed by atoms with Gasteiger partial charge >= 0.3 is 0 Å². The largest absolute Gasteiger partial charge is 0.350 e. The first-order valence-corrected chi connectivity index (χ1v) is 7.98. The van der Waals surface area contributed by atoms with Crippen LogP contribution in [0.4, 0.5) is 0 Å². The van der Waals surface area contributed by atoms with Crippen LogP contribution in [-0.4, -0.2) is 24.8 Å². The van der Waals surface area contributed by atoms with Crippen LogP contribution >= 0.6 is 0 Å². The Bertz CT molecular complexity index is 437. The highest BCUT2D eigenvalue weighted by atomic mass is 16.7. The lowest BCUT2D eigenvalue weighted by Crippen LogP contribution is -2.45. The number of carbonyl (C=O) groups excluding carboxylic acids is 1. The SMILES string of the molecule is CCCCC1=C2CC3(COC(C)(C)OC3)CC2CC1=O. The van der Waals surface area contributed by atoms with E-state index in [9.17, 15) is 4.79 Å². The molecule has 1 aliphatic heterocycles. The molecule has 3 rings (SSSR count). The van der Waals surface area contributed by atoms with Gasteiger partial charge < -0.3 is 9.47 Å². The summed E-state index contributed by atoms with van der Waals surface area (Å²) in [6.45, 7) is 7.68. The Morgan fingerprint density at radius 1 is 1.25 bits per heavy atom. The molecule has 3 aliphatic rings. The molecule has 0 radical (unpaired) electrons. The third-order valence-corrected chi connectivity index (χ3v) is 5.13. The maximum absolute atomic E-state index is 12.1. The topological polar surface area (TPSA) is 35.5 Å². The van der Waals surface area contributed by atoms with Crippen LogP contribution in [0.15, 0.2) is 11.1 Å². The third kappa shape index (κ3) is 2.46. The third-order valence-electron chi connectivity index (χ3n) is 5.13. The summed E-state index contributed by atoms with van der Waals surface area (Å²) < 4.78 is 11.8. The predicted molar refractivity (Wildman–Crippen MR) is 77.3 cm³/mol. The van der Waals surface area contributed by atoms with Gasteiger partial charge in [0.2, 0.25) is 0 Å². The molecule has 112 valence electrons. The number of rotatable bonds is 3. The van der Waals surface area contributed by atoms with E-state index in [-0.39, 0.29) is 5.41 Å². The second-order valence-corrected chi connectivity index (χ2v) is 7.29. The second kappa shape index (κ2) is 4.96. The van der Waals surface area contributed by atoms with E-state index in [1.54, 1.807) is 0 Å². The van der Waals surface area contributed by atoms with Crippen molar-refractivity contribution in [3.63, 3.8) is 0 Å². The number of fused-ring (bicyclic) bond motifs is 1. The van der Waals surface area contributed by atoms with Crippen LogP contribution in [0.1, 0.15) is 59.3 Å². The van der Waals surface area contributed by atoms with Crippen molar-refractivity contribution in [2.24, 2.45) is 11.3 Å². The van der Waals surface area contributed by atoms with Gasteiger partial charge in [-0.15, -0.1) is 0 Å². The molecule has 1 saturated heterocycles. The van der Waals surface area contributed by atoms with E-state index in [2.05, 4.69) is 6.92 Å². The van der Waals surface area contributed by atoms with Gasteiger partial charge in [0.15, 0.2) is 11.6 Å².